The van der Waals surface area contributed by atoms with Crippen molar-refractivity contribution in [1.29, 1.82) is 0 Å². The fourth-order valence-corrected chi connectivity index (χ4v) is 1.34. The van der Waals surface area contributed by atoms with Crippen LogP contribution >= 0.6 is 0 Å². The summed E-state index contributed by atoms with van der Waals surface area (Å²) in [6.07, 6.45) is 1.43. The molecule has 0 unspecified atom stereocenters. The molecule has 2 aliphatic heterocycles. The number of carbonyl (C=O) groups is 1. The van der Waals surface area contributed by atoms with Crippen molar-refractivity contribution in [1.82, 2.24) is 0 Å². The SMILES string of the molecule is O=C1N=Nc2ccc3c(c2=N1)=NC=N3. The van der Waals surface area contributed by atoms with Gasteiger partial charge in [0, 0.05) is 0 Å². The average molecular weight is 185 g/mol. The second kappa shape index (κ2) is 2.38. The maximum absolute atomic E-state index is 10.9. The van der Waals surface area contributed by atoms with E-state index in [0.717, 1.165) is 0 Å². The Hall–Kier alpha value is -2.24. The van der Waals surface area contributed by atoms with Crippen LogP contribution < -0.4 is 10.7 Å². The number of amides is 2. The Morgan fingerprint density at radius 3 is 2.79 bits per heavy atom. The van der Waals surface area contributed by atoms with Crippen LogP contribution in [0.1, 0.15) is 0 Å². The topological polar surface area (TPSA) is 78.9 Å². The monoisotopic (exact) mass is 185 g/mol. The first-order valence-corrected chi connectivity index (χ1v) is 3.92. The fourth-order valence-electron chi connectivity index (χ4n) is 1.34. The molecule has 0 fully saturated rings. The summed E-state index contributed by atoms with van der Waals surface area (Å²) in [4.78, 5) is 22.7. The first-order valence-electron chi connectivity index (χ1n) is 3.92. The van der Waals surface area contributed by atoms with Crippen molar-refractivity contribution in [3.05, 3.63) is 22.8 Å². The van der Waals surface area contributed by atoms with Gasteiger partial charge in [-0.05, 0) is 12.1 Å². The largest absolute Gasteiger partial charge is 0.386 e. The first-order chi connectivity index (χ1) is 6.84. The van der Waals surface area contributed by atoms with E-state index in [1.165, 1.54) is 6.34 Å². The second-order valence-electron chi connectivity index (χ2n) is 2.77. The Kier molecular flexibility index (Phi) is 1.22. The van der Waals surface area contributed by atoms with E-state index in [2.05, 4.69) is 25.2 Å². The normalized spacial score (nSPS) is 15.9. The van der Waals surface area contributed by atoms with E-state index in [1.54, 1.807) is 12.1 Å². The van der Waals surface area contributed by atoms with Gasteiger partial charge in [-0.1, -0.05) is 5.11 Å². The fraction of sp³-hybridized carbons (Fsp3) is 0. The molecule has 2 aliphatic rings. The Morgan fingerprint density at radius 1 is 1.00 bits per heavy atom. The first kappa shape index (κ1) is 7.19. The van der Waals surface area contributed by atoms with Gasteiger partial charge in [-0.15, -0.1) is 5.11 Å². The van der Waals surface area contributed by atoms with E-state index in [4.69, 9.17) is 0 Å². The van der Waals surface area contributed by atoms with Crippen molar-refractivity contribution < 1.29 is 4.79 Å². The van der Waals surface area contributed by atoms with Gasteiger partial charge >= 0.3 is 6.03 Å². The number of hydrogen-bond donors (Lipinski definition) is 0. The van der Waals surface area contributed by atoms with Crippen molar-refractivity contribution in [2.45, 2.75) is 0 Å². The molecule has 0 spiro atoms. The van der Waals surface area contributed by atoms with Crippen molar-refractivity contribution in [3.63, 3.8) is 0 Å². The molecule has 2 amide bonds. The number of azo groups is 1. The third kappa shape index (κ3) is 0.846. The molecule has 0 bridgehead atoms. The number of benzene rings is 1. The lowest BCUT2D eigenvalue weighted by Gasteiger charge is -1.98. The van der Waals surface area contributed by atoms with Crippen LogP contribution in [0.2, 0.25) is 0 Å². The van der Waals surface area contributed by atoms with Crippen LogP contribution in [-0.2, 0) is 0 Å². The van der Waals surface area contributed by atoms with Crippen molar-refractivity contribution >= 4 is 23.7 Å². The molecule has 6 nitrogen and oxygen atoms in total. The van der Waals surface area contributed by atoms with Gasteiger partial charge in [-0.2, -0.15) is 4.99 Å². The van der Waals surface area contributed by atoms with Crippen LogP contribution in [-0.4, -0.2) is 12.4 Å². The zero-order valence-corrected chi connectivity index (χ0v) is 6.88. The third-order valence-corrected chi connectivity index (χ3v) is 1.94. The molecule has 0 aliphatic carbocycles. The summed E-state index contributed by atoms with van der Waals surface area (Å²) in [5.74, 6) is 0. The number of hydrogen-bond acceptors (Lipinski definition) is 4. The lowest BCUT2D eigenvalue weighted by Crippen LogP contribution is -2.27. The summed E-state index contributed by atoms with van der Waals surface area (Å²) in [7, 11) is 0. The number of fused-ring (bicyclic) bond motifs is 3. The minimum absolute atomic E-state index is 0.458. The molecule has 2 heterocycles. The van der Waals surface area contributed by atoms with Gasteiger partial charge in [0.2, 0.25) is 0 Å². The van der Waals surface area contributed by atoms with E-state index in [-0.39, 0.29) is 0 Å². The summed E-state index contributed by atoms with van der Waals surface area (Å²) in [5, 5.41) is 8.10. The van der Waals surface area contributed by atoms with Crippen LogP contribution in [0.15, 0.2) is 37.3 Å². The molecule has 1 aromatic carbocycles. The standard InChI is InChI=1S/C8H3N5O/c14-8-11-7-5(12-13-8)2-1-4-6(7)10-3-9-4/h1-3H. The van der Waals surface area contributed by atoms with Crippen molar-refractivity contribution in [2.24, 2.45) is 25.2 Å². The molecule has 0 radical (unpaired) electrons. The summed E-state index contributed by atoms with van der Waals surface area (Å²) in [6.45, 7) is 0. The quantitative estimate of drug-likeness (QED) is 0.589. The highest BCUT2D eigenvalue weighted by atomic mass is 16.2. The van der Waals surface area contributed by atoms with Crippen LogP contribution in [0.3, 0.4) is 0 Å². The van der Waals surface area contributed by atoms with Crippen LogP contribution in [0.25, 0.3) is 0 Å². The third-order valence-electron chi connectivity index (χ3n) is 1.94. The Labute approximate surface area is 77.4 Å². The van der Waals surface area contributed by atoms with Gasteiger partial charge in [-0.3, -0.25) is 0 Å². The molecule has 14 heavy (non-hydrogen) atoms. The lowest BCUT2D eigenvalue weighted by molar-refractivity contribution is 0.254. The maximum atomic E-state index is 10.9. The molecule has 1 aromatic rings. The molecule has 0 saturated heterocycles. The van der Waals surface area contributed by atoms with Gasteiger partial charge in [-0.25, -0.2) is 14.8 Å². The summed E-state index contributed by atoms with van der Waals surface area (Å²) in [6, 6.07) is 2.88. The van der Waals surface area contributed by atoms with E-state index in [9.17, 15) is 4.79 Å². The van der Waals surface area contributed by atoms with Gasteiger partial charge in [0.05, 0.1) is 5.69 Å². The Bertz CT molecular complexity index is 613. The smallest absolute Gasteiger partial charge is 0.242 e. The lowest BCUT2D eigenvalue weighted by atomic mass is 10.2. The number of aliphatic imine (C=N–C) groups is 1. The Morgan fingerprint density at radius 2 is 1.86 bits per heavy atom. The molecule has 3 rings (SSSR count). The number of carbonyl (C=O) groups excluding carboxylic acids is 1. The van der Waals surface area contributed by atoms with E-state index < -0.39 is 6.03 Å². The highest BCUT2D eigenvalue weighted by Gasteiger charge is 2.11. The molecule has 0 N–H and O–H groups in total. The van der Waals surface area contributed by atoms with Crippen LogP contribution in [0, 0.1) is 0 Å². The van der Waals surface area contributed by atoms with Crippen LogP contribution in [0.4, 0.5) is 16.2 Å². The highest BCUT2D eigenvalue weighted by molar-refractivity contribution is 5.78. The zero-order valence-electron chi connectivity index (χ0n) is 6.88. The second-order valence-corrected chi connectivity index (χ2v) is 2.77. The van der Waals surface area contributed by atoms with Crippen molar-refractivity contribution in [2.75, 3.05) is 0 Å². The van der Waals surface area contributed by atoms with Gasteiger partial charge in [0.1, 0.15) is 22.7 Å². The minimum atomic E-state index is -0.604. The Balaban J connectivity index is 2.51. The van der Waals surface area contributed by atoms with E-state index in [0.29, 0.717) is 22.1 Å². The molecule has 6 heteroatoms. The maximum Gasteiger partial charge on any atom is 0.386 e. The van der Waals surface area contributed by atoms with Gasteiger partial charge in [0.25, 0.3) is 0 Å². The molecular weight excluding hydrogens is 182 g/mol. The predicted molar refractivity (Wildman–Crippen MR) is 46.8 cm³/mol. The van der Waals surface area contributed by atoms with Gasteiger partial charge < -0.3 is 0 Å². The zero-order chi connectivity index (χ0) is 9.54. The number of rotatable bonds is 0. The van der Waals surface area contributed by atoms with E-state index >= 15 is 0 Å². The minimum Gasteiger partial charge on any atom is -0.242 e. The highest BCUT2D eigenvalue weighted by Crippen LogP contribution is 2.13. The number of nitrogens with zero attached hydrogens (tertiary/aromatic N) is 5. The van der Waals surface area contributed by atoms with E-state index in [1.807, 2.05) is 0 Å². The summed E-state index contributed by atoms with van der Waals surface area (Å²) < 4.78 is 0. The predicted octanol–water partition coefficient (Wildman–Crippen LogP) is 0.816. The molecular formula is C8H3N5O. The average Bonchev–Trinajstić information content (AvgIpc) is 2.65. The number of urea groups is 1. The molecule has 0 saturated carbocycles. The van der Waals surface area contributed by atoms with Gasteiger partial charge in [0.15, 0.2) is 0 Å². The molecule has 0 atom stereocenters. The molecule has 0 aromatic heterocycles. The van der Waals surface area contributed by atoms with Crippen molar-refractivity contribution in [3.8, 4) is 0 Å². The van der Waals surface area contributed by atoms with Crippen LogP contribution in [0.5, 0.6) is 0 Å². The summed E-state index contributed by atoms with van der Waals surface area (Å²) in [5.41, 5.74) is 1.26. The summed E-state index contributed by atoms with van der Waals surface area (Å²) >= 11 is 0. The molecule has 66 valence electrons.